The Morgan fingerprint density at radius 3 is 2.73 bits per heavy atom. The van der Waals surface area contributed by atoms with Crippen molar-refractivity contribution in [2.75, 3.05) is 17.6 Å². The highest BCUT2D eigenvalue weighted by molar-refractivity contribution is 5.51. The fourth-order valence-electron chi connectivity index (χ4n) is 1.22. The standard InChI is InChI=1S/C10H12N4O/c11-8-1-3-9(4-2-8)12-6-5-10-13-7-15-14-10/h1-4,7,12H,5-6,11H2. The number of nitrogen functional groups attached to an aromatic ring is 1. The van der Waals surface area contributed by atoms with Gasteiger partial charge in [0, 0.05) is 24.3 Å². The van der Waals surface area contributed by atoms with Gasteiger partial charge in [0.05, 0.1) is 0 Å². The molecule has 3 N–H and O–H groups in total. The Bertz CT molecular complexity index is 396. The third kappa shape index (κ3) is 2.70. The van der Waals surface area contributed by atoms with Crippen molar-refractivity contribution in [1.29, 1.82) is 0 Å². The second-order valence-corrected chi connectivity index (χ2v) is 3.15. The first-order valence-corrected chi connectivity index (χ1v) is 4.69. The lowest BCUT2D eigenvalue weighted by Crippen LogP contribution is -2.05. The molecule has 0 atom stereocenters. The van der Waals surface area contributed by atoms with Gasteiger partial charge in [-0.3, -0.25) is 0 Å². The number of anilines is 2. The van der Waals surface area contributed by atoms with Gasteiger partial charge in [0.15, 0.2) is 5.82 Å². The Kier molecular flexibility index (Phi) is 2.82. The third-order valence-electron chi connectivity index (χ3n) is 2.00. The maximum Gasteiger partial charge on any atom is 0.213 e. The molecule has 0 unspecified atom stereocenters. The Balaban J connectivity index is 1.81. The first-order chi connectivity index (χ1) is 7.34. The van der Waals surface area contributed by atoms with Crippen LogP contribution in [0.2, 0.25) is 0 Å². The van der Waals surface area contributed by atoms with Crippen LogP contribution in [-0.2, 0) is 6.42 Å². The van der Waals surface area contributed by atoms with Crippen molar-refractivity contribution in [1.82, 2.24) is 10.1 Å². The molecule has 5 heteroatoms. The van der Waals surface area contributed by atoms with E-state index in [4.69, 9.17) is 5.73 Å². The van der Waals surface area contributed by atoms with Crippen molar-refractivity contribution >= 4 is 11.4 Å². The summed E-state index contributed by atoms with van der Waals surface area (Å²) in [5.41, 5.74) is 7.37. The molecule has 0 fully saturated rings. The van der Waals surface area contributed by atoms with E-state index in [0.29, 0.717) is 5.82 Å². The molecule has 0 aliphatic rings. The Morgan fingerprint density at radius 1 is 1.27 bits per heavy atom. The summed E-state index contributed by atoms with van der Waals surface area (Å²) < 4.78 is 4.63. The molecule has 0 amide bonds. The highest BCUT2D eigenvalue weighted by Gasteiger charge is 1.97. The first kappa shape index (κ1) is 9.51. The minimum Gasteiger partial charge on any atom is -0.399 e. The fraction of sp³-hybridized carbons (Fsp3) is 0.200. The molecule has 1 aromatic heterocycles. The number of hydrogen-bond acceptors (Lipinski definition) is 5. The van der Waals surface area contributed by atoms with Crippen LogP contribution in [0.4, 0.5) is 11.4 Å². The minimum absolute atomic E-state index is 0.706. The van der Waals surface area contributed by atoms with Gasteiger partial charge in [0.25, 0.3) is 0 Å². The summed E-state index contributed by atoms with van der Waals surface area (Å²) >= 11 is 0. The van der Waals surface area contributed by atoms with E-state index in [9.17, 15) is 0 Å². The summed E-state index contributed by atoms with van der Waals surface area (Å²) in [6.07, 6.45) is 2.07. The number of aromatic nitrogens is 2. The molecule has 1 heterocycles. The van der Waals surface area contributed by atoms with Crippen molar-refractivity contribution in [3.63, 3.8) is 0 Å². The maximum atomic E-state index is 5.57. The minimum atomic E-state index is 0.706. The van der Waals surface area contributed by atoms with Crippen LogP contribution in [0.3, 0.4) is 0 Å². The molecule has 0 spiro atoms. The lowest BCUT2D eigenvalue weighted by Gasteiger charge is -2.04. The van der Waals surface area contributed by atoms with Crippen molar-refractivity contribution in [3.8, 4) is 0 Å². The van der Waals surface area contributed by atoms with Crippen molar-refractivity contribution in [3.05, 3.63) is 36.5 Å². The molecule has 2 aromatic rings. The number of hydrogen-bond donors (Lipinski definition) is 2. The Hall–Kier alpha value is -2.04. The molecule has 0 bridgehead atoms. The van der Waals surface area contributed by atoms with Crippen molar-refractivity contribution in [2.24, 2.45) is 0 Å². The Labute approximate surface area is 87.3 Å². The lowest BCUT2D eigenvalue weighted by molar-refractivity contribution is 0.410. The number of nitrogens with one attached hydrogen (secondary N) is 1. The van der Waals surface area contributed by atoms with E-state index < -0.39 is 0 Å². The van der Waals surface area contributed by atoms with Gasteiger partial charge in [-0.05, 0) is 24.3 Å². The molecular weight excluding hydrogens is 192 g/mol. The predicted molar refractivity (Wildman–Crippen MR) is 57.3 cm³/mol. The van der Waals surface area contributed by atoms with Crippen LogP contribution in [-0.4, -0.2) is 16.7 Å². The number of nitrogens with zero attached hydrogens (tertiary/aromatic N) is 2. The van der Waals surface area contributed by atoms with Gasteiger partial charge in [-0.25, -0.2) is 0 Å². The van der Waals surface area contributed by atoms with Gasteiger partial charge in [0.2, 0.25) is 6.39 Å². The molecule has 0 saturated carbocycles. The topological polar surface area (TPSA) is 77.0 Å². The zero-order chi connectivity index (χ0) is 10.5. The highest BCUT2D eigenvalue weighted by atomic mass is 16.5. The monoisotopic (exact) mass is 204 g/mol. The van der Waals surface area contributed by atoms with Crippen LogP contribution < -0.4 is 11.1 Å². The van der Waals surface area contributed by atoms with Crippen LogP contribution in [0.1, 0.15) is 5.82 Å². The SMILES string of the molecule is Nc1ccc(NCCc2ncon2)cc1. The zero-order valence-corrected chi connectivity index (χ0v) is 8.18. The zero-order valence-electron chi connectivity index (χ0n) is 8.18. The van der Waals surface area contributed by atoms with Crippen molar-refractivity contribution < 1.29 is 4.52 Å². The van der Waals surface area contributed by atoms with E-state index in [-0.39, 0.29) is 0 Å². The van der Waals surface area contributed by atoms with Gasteiger partial charge < -0.3 is 15.6 Å². The second kappa shape index (κ2) is 4.45. The lowest BCUT2D eigenvalue weighted by atomic mass is 10.3. The molecule has 2 rings (SSSR count). The summed E-state index contributed by atoms with van der Waals surface area (Å²) in [5, 5.41) is 6.95. The van der Waals surface area contributed by atoms with E-state index in [1.807, 2.05) is 24.3 Å². The molecule has 15 heavy (non-hydrogen) atoms. The van der Waals surface area contributed by atoms with Gasteiger partial charge in [0.1, 0.15) is 0 Å². The van der Waals surface area contributed by atoms with Crippen molar-refractivity contribution in [2.45, 2.75) is 6.42 Å². The number of nitrogens with two attached hydrogens (primary N) is 1. The van der Waals surface area contributed by atoms with E-state index in [1.165, 1.54) is 6.39 Å². The smallest absolute Gasteiger partial charge is 0.213 e. The summed E-state index contributed by atoms with van der Waals surface area (Å²) in [4.78, 5) is 3.92. The summed E-state index contributed by atoms with van der Waals surface area (Å²) in [5.74, 6) is 0.706. The predicted octanol–water partition coefficient (Wildman–Crippen LogP) is 1.31. The first-order valence-electron chi connectivity index (χ1n) is 4.69. The molecular formula is C10H12N4O. The highest BCUT2D eigenvalue weighted by Crippen LogP contribution is 2.10. The molecule has 0 radical (unpaired) electrons. The van der Waals surface area contributed by atoms with Crippen LogP contribution in [0.5, 0.6) is 0 Å². The average molecular weight is 204 g/mol. The maximum absolute atomic E-state index is 5.57. The van der Waals surface area contributed by atoms with E-state index in [2.05, 4.69) is 20.0 Å². The molecule has 5 nitrogen and oxygen atoms in total. The fourth-order valence-corrected chi connectivity index (χ4v) is 1.22. The quantitative estimate of drug-likeness (QED) is 0.734. The molecule has 78 valence electrons. The van der Waals surface area contributed by atoms with Gasteiger partial charge in [-0.15, -0.1) is 0 Å². The summed E-state index contributed by atoms with van der Waals surface area (Å²) in [6.45, 7) is 0.767. The van der Waals surface area contributed by atoms with Crippen LogP contribution in [0, 0.1) is 0 Å². The molecule has 1 aromatic carbocycles. The summed E-state index contributed by atoms with van der Waals surface area (Å²) in [6, 6.07) is 7.59. The second-order valence-electron chi connectivity index (χ2n) is 3.15. The molecule has 0 aliphatic carbocycles. The summed E-state index contributed by atoms with van der Waals surface area (Å²) in [7, 11) is 0. The van der Waals surface area contributed by atoms with Gasteiger partial charge >= 0.3 is 0 Å². The third-order valence-corrected chi connectivity index (χ3v) is 2.00. The Morgan fingerprint density at radius 2 is 2.07 bits per heavy atom. The van der Waals surface area contributed by atoms with Gasteiger partial charge in [-0.2, -0.15) is 4.98 Å². The number of rotatable bonds is 4. The van der Waals surface area contributed by atoms with E-state index >= 15 is 0 Å². The van der Waals surface area contributed by atoms with E-state index in [0.717, 1.165) is 24.3 Å². The van der Waals surface area contributed by atoms with Gasteiger partial charge in [-0.1, -0.05) is 5.16 Å². The van der Waals surface area contributed by atoms with Crippen LogP contribution in [0.15, 0.2) is 35.2 Å². The molecule has 0 aliphatic heterocycles. The van der Waals surface area contributed by atoms with Crippen LogP contribution >= 0.6 is 0 Å². The largest absolute Gasteiger partial charge is 0.399 e. The average Bonchev–Trinajstić information content (AvgIpc) is 2.74. The number of benzene rings is 1. The normalized spacial score (nSPS) is 10.1. The van der Waals surface area contributed by atoms with Crippen LogP contribution in [0.25, 0.3) is 0 Å². The molecule has 0 saturated heterocycles. The van der Waals surface area contributed by atoms with E-state index in [1.54, 1.807) is 0 Å².